The maximum atomic E-state index is 12.1. The zero-order chi connectivity index (χ0) is 13.5. The Morgan fingerprint density at radius 2 is 2.06 bits per heavy atom. The summed E-state index contributed by atoms with van der Waals surface area (Å²) in [5.74, 6) is -0.149. The van der Waals surface area contributed by atoms with E-state index in [0.29, 0.717) is 11.8 Å². The molecule has 4 atom stereocenters. The monoisotopic (exact) mass is 253 g/mol. The third-order valence-corrected chi connectivity index (χ3v) is 4.63. The zero-order valence-electron chi connectivity index (χ0n) is 11.7. The van der Waals surface area contributed by atoms with E-state index in [1.165, 1.54) is 0 Å². The van der Waals surface area contributed by atoms with Gasteiger partial charge in [-0.25, -0.2) is 0 Å². The molecule has 0 aromatic rings. The predicted octanol–water partition coefficient (Wildman–Crippen LogP) is 1.74. The van der Waals surface area contributed by atoms with E-state index in [1.54, 1.807) is 7.05 Å². The Balaban J connectivity index is 2.31. The van der Waals surface area contributed by atoms with Crippen molar-refractivity contribution in [3.8, 4) is 0 Å². The lowest BCUT2D eigenvalue weighted by Crippen LogP contribution is -2.56. The molecule has 0 unspecified atom stereocenters. The second-order valence-electron chi connectivity index (χ2n) is 6.31. The quantitative estimate of drug-likeness (QED) is 0.572. The molecular formula is C14H23NO3. The van der Waals surface area contributed by atoms with Crippen LogP contribution >= 0.6 is 0 Å². The van der Waals surface area contributed by atoms with Gasteiger partial charge in [0.15, 0.2) is 0 Å². The molecule has 1 N–H and O–H groups in total. The summed E-state index contributed by atoms with van der Waals surface area (Å²) in [6.45, 7) is 6.14. The molecule has 0 bridgehead atoms. The van der Waals surface area contributed by atoms with E-state index >= 15 is 0 Å². The van der Waals surface area contributed by atoms with Crippen LogP contribution in [-0.4, -0.2) is 24.5 Å². The fourth-order valence-corrected chi connectivity index (χ4v) is 3.69. The number of rotatable bonds is 1. The van der Waals surface area contributed by atoms with Gasteiger partial charge in [0.25, 0.3) is 0 Å². The van der Waals surface area contributed by atoms with Crippen molar-refractivity contribution in [3.63, 3.8) is 0 Å². The summed E-state index contributed by atoms with van der Waals surface area (Å²) in [7, 11) is 1.58. The highest BCUT2D eigenvalue weighted by molar-refractivity contribution is 5.98. The summed E-state index contributed by atoms with van der Waals surface area (Å²) >= 11 is 0. The molecule has 18 heavy (non-hydrogen) atoms. The number of cyclic esters (lactones) is 1. The SMILES string of the molecule is CNC(=O)[C@H]1C(=O)OC(C)(C)[C@@H]2CC[C@@H](C)C[C@@H]12. The van der Waals surface area contributed by atoms with Gasteiger partial charge in [0.2, 0.25) is 5.91 Å². The van der Waals surface area contributed by atoms with E-state index in [2.05, 4.69) is 12.2 Å². The Kier molecular flexibility index (Phi) is 3.39. The summed E-state index contributed by atoms with van der Waals surface area (Å²) < 4.78 is 5.51. The lowest BCUT2D eigenvalue weighted by molar-refractivity contribution is -0.194. The van der Waals surface area contributed by atoms with Gasteiger partial charge in [-0.05, 0) is 38.5 Å². The molecule has 1 heterocycles. The van der Waals surface area contributed by atoms with Gasteiger partial charge in [0.1, 0.15) is 11.5 Å². The van der Waals surface area contributed by atoms with Crippen LogP contribution in [0.25, 0.3) is 0 Å². The maximum Gasteiger partial charge on any atom is 0.319 e. The number of esters is 1. The molecule has 4 nitrogen and oxygen atoms in total. The summed E-state index contributed by atoms with van der Waals surface area (Å²) in [4.78, 5) is 24.0. The Bertz CT molecular complexity index is 364. The first-order valence-corrected chi connectivity index (χ1v) is 6.81. The van der Waals surface area contributed by atoms with Crippen molar-refractivity contribution in [2.45, 2.75) is 45.6 Å². The second-order valence-corrected chi connectivity index (χ2v) is 6.31. The first-order valence-electron chi connectivity index (χ1n) is 6.81. The number of carbonyl (C=O) groups is 2. The van der Waals surface area contributed by atoms with E-state index in [4.69, 9.17) is 4.74 Å². The van der Waals surface area contributed by atoms with Gasteiger partial charge >= 0.3 is 5.97 Å². The van der Waals surface area contributed by atoms with Crippen LogP contribution in [0.2, 0.25) is 0 Å². The molecular weight excluding hydrogens is 230 g/mol. The fourth-order valence-electron chi connectivity index (χ4n) is 3.69. The predicted molar refractivity (Wildman–Crippen MR) is 67.7 cm³/mol. The Labute approximate surface area is 108 Å². The molecule has 0 aromatic carbocycles. The number of hydrogen-bond donors (Lipinski definition) is 1. The topological polar surface area (TPSA) is 55.4 Å². The van der Waals surface area contributed by atoms with Crippen LogP contribution in [0.5, 0.6) is 0 Å². The van der Waals surface area contributed by atoms with E-state index in [1.807, 2.05) is 13.8 Å². The Hall–Kier alpha value is -1.06. The molecule has 0 spiro atoms. The van der Waals surface area contributed by atoms with Gasteiger partial charge in [-0.15, -0.1) is 0 Å². The van der Waals surface area contributed by atoms with E-state index in [9.17, 15) is 9.59 Å². The highest BCUT2D eigenvalue weighted by atomic mass is 16.6. The van der Waals surface area contributed by atoms with Crippen molar-refractivity contribution in [2.75, 3.05) is 7.05 Å². The van der Waals surface area contributed by atoms with Gasteiger partial charge in [-0.3, -0.25) is 9.59 Å². The van der Waals surface area contributed by atoms with Crippen molar-refractivity contribution in [1.29, 1.82) is 0 Å². The number of carbonyl (C=O) groups excluding carboxylic acids is 2. The minimum atomic E-state index is -0.615. The van der Waals surface area contributed by atoms with Crippen molar-refractivity contribution >= 4 is 11.9 Å². The van der Waals surface area contributed by atoms with Gasteiger partial charge in [0.05, 0.1) is 0 Å². The summed E-state index contributed by atoms with van der Waals surface area (Å²) in [5, 5.41) is 2.60. The lowest BCUT2D eigenvalue weighted by Gasteiger charge is -2.49. The highest BCUT2D eigenvalue weighted by Gasteiger charge is 2.53. The van der Waals surface area contributed by atoms with Crippen LogP contribution in [0, 0.1) is 23.7 Å². The van der Waals surface area contributed by atoms with Crippen molar-refractivity contribution in [2.24, 2.45) is 23.7 Å². The molecule has 1 saturated heterocycles. The molecule has 2 fully saturated rings. The van der Waals surface area contributed by atoms with E-state index in [-0.39, 0.29) is 17.8 Å². The van der Waals surface area contributed by atoms with Crippen LogP contribution in [0.15, 0.2) is 0 Å². The third-order valence-electron chi connectivity index (χ3n) is 4.63. The number of amides is 1. The number of hydrogen-bond acceptors (Lipinski definition) is 3. The molecule has 2 aliphatic rings. The summed E-state index contributed by atoms with van der Waals surface area (Å²) in [6, 6.07) is 0. The highest BCUT2D eigenvalue weighted by Crippen LogP contribution is 2.48. The van der Waals surface area contributed by atoms with Crippen LogP contribution in [-0.2, 0) is 14.3 Å². The molecule has 0 radical (unpaired) electrons. The molecule has 1 aliphatic carbocycles. The Morgan fingerprint density at radius 1 is 1.39 bits per heavy atom. The number of fused-ring (bicyclic) bond motifs is 1. The van der Waals surface area contributed by atoms with Gasteiger partial charge in [0, 0.05) is 13.0 Å². The Morgan fingerprint density at radius 3 is 2.67 bits per heavy atom. The van der Waals surface area contributed by atoms with Gasteiger partial charge < -0.3 is 10.1 Å². The lowest BCUT2D eigenvalue weighted by atomic mass is 9.62. The van der Waals surface area contributed by atoms with Gasteiger partial charge in [-0.2, -0.15) is 0 Å². The molecule has 1 aliphatic heterocycles. The van der Waals surface area contributed by atoms with Crippen LogP contribution in [0.4, 0.5) is 0 Å². The zero-order valence-corrected chi connectivity index (χ0v) is 11.7. The average molecular weight is 253 g/mol. The summed E-state index contributed by atoms with van der Waals surface area (Å²) in [6.07, 6.45) is 3.14. The number of ether oxygens (including phenoxy) is 1. The van der Waals surface area contributed by atoms with Crippen molar-refractivity contribution in [1.82, 2.24) is 5.32 Å². The van der Waals surface area contributed by atoms with Crippen LogP contribution < -0.4 is 5.32 Å². The average Bonchev–Trinajstić information content (AvgIpc) is 2.26. The van der Waals surface area contributed by atoms with Crippen molar-refractivity contribution < 1.29 is 14.3 Å². The minimum absolute atomic E-state index is 0.130. The van der Waals surface area contributed by atoms with E-state index in [0.717, 1.165) is 19.3 Å². The van der Waals surface area contributed by atoms with E-state index < -0.39 is 11.5 Å². The van der Waals surface area contributed by atoms with Crippen LogP contribution in [0.3, 0.4) is 0 Å². The first kappa shape index (κ1) is 13.4. The molecule has 1 amide bonds. The second kappa shape index (κ2) is 4.56. The van der Waals surface area contributed by atoms with Gasteiger partial charge in [-0.1, -0.05) is 13.3 Å². The normalized spacial score (nSPS) is 38.6. The molecule has 4 heteroatoms. The first-order chi connectivity index (χ1) is 8.36. The largest absolute Gasteiger partial charge is 0.459 e. The minimum Gasteiger partial charge on any atom is -0.459 e. The standard InChI is InChI=1S/C14H23NO3/c1-8-5-6-10-9(7-8)11(12(16)15-4)13(17)18-14(10,2)3/h8-11H,5-7H2,1-4H3,(H,15,16)/t8-,9-,10-,11+/m1/s1. The maximum absolute atomic E-state index is 12.1. The molecule has 102 valence electrons. The molecule has 2 rings (SSSR count). The molecule has 0 aromatic heterocycles. The smallest absolute Gasteiger partial charge is 0.319 e. The fraction of sp³-hybridized carbons (Fsp3) is 0.857. The van der Waals surface area contributed by atoms with Crippen molar-refractivity contribution in [3.05, 3.63) is 0 Å². The summed E-state index contributed by atoms with van der Waals surface area (Å²) in [5.41, 5.74) is -0.438. The number of nitrogens with one attached hydrogen (secondary N) is 1. The third kappa shape index (κ3) is 2.13. The van der Waals surface area contributed by atoms with Crippen LogP contribution in [0.1, 0.15) is 40.0 Å². The molecule has 1 saturated carbocycles.